The van der Waals surface area contributed by atoms with Crippen molar-refractivity contribution in [1.82, 2.24) is 0 Å². The zero-order valence-electron chi connectivity index (χ0n) is 18.2. The molecule has 0 radical (unpaired) electrons. The lowest BCUT2D eigenvalue weighted by atomic mass is 10.0. The van der Waals surface area contributed by atoms with Crippen LogP contribution in [0.3, 0.4) is 0 Å². The summed E-state index contributed by atoms with van der Waals surface area (Å²) in [5.41, 5.74) is 5.89. The van der Waals surface area contributed by atoms with Gasteiger partial charge in [-0.25, -0.2) is 0 Å². The van der Waals surface area contributed by atoms with Gasteiger partial charge in [0.15, 0.2) is 0 Å². The lowest BCUT2D eigenvalue weighted by Gasteiger charge is -2.26. The van der Waals surface area contributed by atoms with Crippen LogP contribution in [0, 0.1) is 0 Å². The zero-order valence-corrected chi connectivity index (χ0v) is 18.2. The Morgan fingerprint density at radius 1 is 0.303 bits per heavy atom. The van der Waals surface area contributed by atoms with E-state index < -0.39 is 0 Å². The van der Waals surface area contributed by atoms with Crippen LogP contribution in [0.4, 0.5) is 17.1 Å². The van der Waals surface area contributed by atoms with Gasteiger partial charge in [-0.2, -0.15) is 0 Å². The highest BCUT2D eigenvalue weighted by molar-refractivity contribution is 5.92. The smallest absolute Gasteiger partial charge is 0.0468 e. The maximum Gasteiger partial charge on any atom is 0.0468 e. The third-order valence-electron chi connectivity index (χ3n) is 6.22. The normalized spacial score (nSPS) is 11.0. The van der Waals surface area contributed by atoms with Crippen LogP contribution in [-0.4, -0.2) is 0 Å². The second-order valence-electron chi connectivity index (χ2n) is 8.31. The van der Waals surface area contributed by atoms with E-state index in [9.17, 15) is 0 Å². The summed E-state index contributed by atoms with van der Waals surface area (Å²) in [6, 6.07) is 49.8. The predicted molar refractivity (Wildman–Crippen MR) is 142 cm³/mol. The van der Waals surface area contributed by atoms with Crippen LogP contribution in [0.1, 0.15) is 0 Å². The maximum atomic E-state index is 2.34. The number of rotatable bonds is 4. The molecule has 0 saturated heterocycles. The van der Waals surface area contributed by atoms with Crippen molar-refractivity contribution in [3.8, 4) is 11.1 Å². The third kappa shape index (κ3) is 3.75. The lowest BCUT2D eigenvalue weighted by Crippen LogP contribution is -2.09. The van der Waals surface area contributed by atoms with Crippen LogP contribution in [-0.2, 0) is 0 Å². The van der Waals surface area contributed by atoms with Gasteiger partial charge in [-0.3, -0.25) is 0 Å². The van der Waals surface area contributed by atoms with E-state index in [0.29, 0.717) is 0 Å². The molecule has 0 aromatic heterocycles. The van der Waals surface area contributed by atoms with E-state index in [-0.39, 0.29) is 0 Å². The van der Waals surface area contributed by atoms with E-state index in [1.54, 1.807) is 0 Å². The highest BCUT2D eigenvalue weighted by atomic mass is 15.1. The van der Waals surface area contributed by atoms with Gasteiger partial charge in [-0.15, -0.1) is 0 Å². The van der Waals surface area contributed by atoms with Crippen molar-refractivity contribution in [2.45, 2.75) is 0 Å². The highest BCUT2D eigenvalue weighted by Gasteiger charge is 2.14. The number of fused-ring (bicyclic) bond motifs is 2. The highest BCUT2D eigenvalue weighted by Crippen LogP contribution is 2.38. The first-order valence-corrected chi connectivity index (χ1v) is 11.3. The summed E-state index contributed by atoms with van der Waals surface area (Å²) in [5, 5.41) is 4.97. The van der Waals surface area contributed by atoms with Crippen LogP contribution in [0.25, 0.3) is 32.7 Å². The van der Waals surface area contributed by atoms with E-state index in [2.05, 4.69) is 144 Å². The molecule has 1 heteroatoms. The van der Waals surface area contributed by atoms with Gasteiger partial charge in [0.2, 0.25) is 0 Å². The van der Waals surface area contributed by atoms with Crippen molar-refractivity contribution < 1.29 is 0 Å². The molecule has 0 heterocycles. The van der Waals surface area contributed by atoms with Gasteiger partial charge in [0, 0.05) is 17.1 Å². The fourth-order valence-corrected chi connectivity index (χ4v) is 4.51. The second-order valence-corrected chi connectivity index (χ2v) is 8.31. The molecule has 0 amide bonds. The molecule has 33 heavy (non-hydrogen) atoms. The number of hydrogen-bond acceptors (Lipinski definition) is 1. The predicted octanol–water partition coefficient (Wildman–Crippen LogP) is 9.13. The van der Waals surface area contributed by atoms with E-state index in [0.717, 1.165) is 17.1 Å². The molecule has 0 aliphatic carbocycles. The Labute approximate surface area is 194 Å². The second kappa shape index (κ2) is 8.29. The van der Waals surface area contributed by atoms with Crippen molar-refractivity contribution in [2.75, 3.05) is 4.90 Å². The molecule has 6 aromatic carbocycles. The summed E-state index contributed by atoms with van der Waals surface area (Å²) < 4.78 is 0. The van der Waals surface area contributed by atoms with Gasteiger partial charge in [-0.1, -0.05) is 103 Å². The van der Waals surface area contributed by atoms with E-state index in [4.69, 9.17) is 0 Å². The minimum absolute atomic E-state index is 1.14. The van der Waals surface area contributed by atoms with E-state index >= 15 is 0 Å². The Hall–Kier alpha value is -4.36. The molecule has 0 fully saturated rings. The number of hydrogen-bond donors (Lipinski definition) is 0. The molecular formula is C32H23N. The van der Waals surface area contributed by atoms with Crippen LogP contribution < -0.4 is 4.90 Å². The van der Waals surface area contributed by atoms with Gasteiger partial charge in [0.25, 0.3) is 0 Å². The first-order chi connectivity index (χ1) is 16.3. The number of nitrogens with zero attached hydrogens (tertiary/aromatic N) is 1. The molecule has 0 saturated carbocycles. The molecule has 0 atom stereocenters. The fourth-order valence-electron chi connectivity index (χ4n) is 4.51. The fraction of sp³-hybridized carbons (Fsp3) is 0. The minimum atomic E-state index is 1.14. The summed E-state index contributed by atoms with van der Waals surface area (Å²) in [7, 11) is 0. The maximum absolute atomic E-state index is 2.34. The molecule has 0 aliphatic rings. The van der Waals surface area contributed by atoms with Crippen molar-refractivity contribution in [1.29, 1.82) is 0 Å². The van der Waals surface area contributed by atoms with Gasteiger partial charge >= 0.3 is 0 Å². The monoisotopic (exact) mass is 421 g/mol. The average Bonchev–Trinajstić information content (AvgIpc) is 2.90. The van der Waals surface area contributed by atoms with E-state index in [1.165, 1.54) is 32.7 Å². The lowest BCUT2D eigenvalue weighted by molar-refractivity contribution is 1.29. The van der Waals surface area contributed by atoms with E-state index in [1.807, 2.05) is 0 Å². The Morgan fingerprint density at radius 3 is 1.27 bits per heavy atom. The molecule has 0 unspecified atom stereocenters. The molecule has 6 rings (SSSR count). The van der Waals surface area contributed by atoms with Crippen molar-refractivity contribution >= 4 is 38.6 Å². The van der Waals surface area contributed by atoms with Gasteiger partial charge < -0.3 is 4.90 Å². The minimum Gasteiger partial charge on any atom is -0.310 e. The Kier molecular flexibility index (Phi) is 4.86. The molecule has 0 aliphatic heterocycles. The first-order valence-electron chi connectivity index (χ1n) is 11.3. The van der Waals surface area contributed by atoms with Crippen LogP contribution in [0.15, 0.2) is 140 Å². The van der Waals surface area contributed by atoms with Gasteiger partial charge in [-0.05, 0) is 69.1 Å². The SMILES string of the molecule is c1ccc(-c2ccc(N(c3ccc4ccccc4c3)c3ccc4ccccc4c3)cc2)cc1. The first kappa shape index (κ1) is 19.3. The molecular weight excluding hydrogens is 398 g/mol. The third-order valence-corrected chi connectivity index (χ3v) is 6.22. The summed E-state index contributed by atoms with van der Waals surface area (Å²) in [5.74, 6) is 0. The molecule has 1 nitrogen and oxygen atoms in total. The average molecular weight is 422 g/mol. The standard InChI is InChI=1S/C32H23N/c1-2-8-24(9-3-1)27-14-18-30(19-15-27)33(31-20-16-25-10-4-6-12-28(25)22-31)32-21-17-26-11-5-7-13-29(26)23-32/h1-23H. The zero-order chi connectivity index (χ0) is 22.0. The molecule has 156 valence electrons. The largest absolute Gasteiger partial charge is 0.310 e. The molecule has 6 aromatic rings. The Balaban J connectivity index is 1.50. The number of anilines is 3. The summed E-state index contributed by atoms with van der Waals surface area (Å²) in [4.78, 5) is 2.34. The van der Waals surface area contributed by atoms with Gasteiger partial charge in [0.05, 0.1) is 0 Å². The molecule has 0 spiro atoms. The summed E-state index contributed by atoms with van der Waals surface area (Å²) in [6.45, 7) is 0. The Morgan fingerprint density at radius 2 is 0.727 bits per heavy atom. The quantitative estimate of drug-likeness (QED) is 0.274. The van der Waals surface area contributed by atoms with Gasteiger partial charge in [0.1, 0.15) is 0 Å². The van der Waals surface area contributed by atoms with Crippen LogP contribution in [0.2, 0.25) is 0 Å². The van der Waals surface area contributed by atoms with Crippen molar-refractivity contribution in [3.05, 3.63) is 140 Å². The Bertz CT molecular complexity index is 1470. The van der Waals surface area contributed by atoms with Crippen molar-refractivity contribution in [2.24, 2.45) is 0 Å². The van der Waals surface area contributed by atoms with Crippen molar-refractivity contribution in [3.63, 3.8) is 0 Å². The topological polar surface area (TPSA) is 3.24 Å². The molecule has 0 N–H and O–H groups in total. The number of benzene rings is 6. The van der Waals surface area contributed by atoms with Crippen LogP contribution in [0.5, 0.6) is 0 Å². The summed E-state index contributed by atoms with van der Waals surface area (Å²) >= 11 is 0. The van der Waals surface area contributed by atoms with Crippen LogP contribution >= 0.6 is 0 Å². The molecule has 0 bridgehead atoms. The summed E-state index contributed by atoms with van der Waals surface area (Å²) in [6.07, 6.45) is 0.